The molecule has 3 N–H and O–H groups in total. The molecule has 1 heterocycles. The molecule has 1 aromatic heterocycles. The molecule has 20 heavy (non-hydrogen) atoms. The van der Waals surface area contributed by atoms with E-state index in [1.165, 1.54) is 6.42 Å². The molecule has 112 valence electrons. The van der Waals surface area contributed by atoms with Crippen LogP contribution in [-0.4, -0.2) is 34.3 Å². The van der Waals surface area contributed by atoms with Crippen LogP contribution < -0.4 is 10.6 Å². The Labute approximate surface area is 121 Å². The third-order valence-electron chi connectivity index (χ3n) is 4.05. The summed E-state index contributed by atoms with van der Waals surface area (Å²) in [6.45, 7) is 2.72. The maximum Gasteiger partial charge on any atom is 0.134 e. The summed E-state index contributed by atoms with van der Waals surface area (Å²) in [5.41, 5.74) is 0.531. The van der Waals surface area contributed by atoms with Crippen LogP contribution in [0, 0.1) is 0 Å². The zero-order chi connectivity index (χ0) is 14.4. The molecule has 1 fully saturated rings. The van der Waals surface area contributed by atoms with Crippen molar-refractivity contribution in [1.82, 2.24) is 9.97 Å². The summed E-state index contributed by atoms with van der Waals surface area (Å²) in [6, 6.07) is 0. The highest BCUT2D eigenvalue weighted by molar-refractivity contribution is 5.57. The van der Waals surface area contributed by atoms with Crippen LogP contribution in [0.2, 0.25) is 0 Å². The highest BCUT2D eigenvalue weighted by atomic mass is 16.3. The first-order valence-corrected chi connectivity index (χ1v) is 7.66. The van der Waals surface area contributed by atoms with Crippen molar-refractivity contribution in [1.29, 1.82) is 0 Å². The van der Waals surface area contributed by atoms with E-state index in [0.29, 0.717) is 6.54 Å². The number of nitrogens with zero attached hydrogens (tertiary/aromatic N) is 2. The number of hydrogen-bond acceptors (Lipinski definition) is 5. The number of rotatable bonds is 6. The fourth-order valence-electron chi connectivity index (χ4n) is 2.90. The van der Waals surface area contributed by atoms with Gasteiger partial charge in [0.15, 0.2) is 0 Å². The lowest BCUT2D eigenvalue weighted by atomic mass is 9.85. The Hall–Kier alpha value is -1.36. The van der Waals surface area contributed by atoms with Crippen LogP contribution in [-0.2, 0) is 6.42 Å². The molecular weight excluding hydrogens is 252 g/mol. The van der Waals surface area contributed by atoms with Crippen molar-refractivity contribution in [2.75, 3.05) is 24.2 Å². The van der Waals surface area contributed by atoms with Gasteiger partial charge in [-0.1, -0.05) is 32.6 Å². The Bertz CT molecular complexity index is 430. The first-order chi connectivity index (χ1) is 9.68. The van der Waals surface area contributed by atoms with Crippen molar-refractivity contribution in [3.8, 4) is 0 Å². The summed E-state index contributed by atoms with van der Waals surface area (Å²) in [6.07, 6.45) is 8.77. The van der Waals surface area contributed by atoms with Crippen molar-refractivity contribution < 1.29 is 5.11 Å². The van der Waals surface area contributed by atoms with E-state index in [0.717, 1.165) is 55.7 Å². The van der Waals surface area contributed by atoms with Crippen LogP contribution in [0.5, 0.6) is 0 Å². The summed E-state index contributed by atoms with van der Waals surface area (Å²) in [5.74, 6) is 1.73. The molecule has 1 saturated carbocycles. The molecule has 0 spiro atoms. The Morgan fingerprint density at radius 2 is 1.90 bits per heavy atom. The van der Waals surface area contributed by atoms with Crippen LogP contribution >= 0.6 is 0 Å². The highest BCUT2D eigenvalue weighted by Gasteiger charge is 2.29. The fraction of sp³-hybridized carbons (Fsp3) is 0.733. The zero-order valence-electron chi connectivity index (χ0n) is 12.6. The molecule has 0 amide bonds. The second-order valence-corrected chi connectivity index (χ2v) is 5.69. The molecule has 0 radical (unpaired) electrons. The molecule has 1 aromatic rings. The van der Waals surface area contributed by atoms with Crippen LogP contribution in [0.25, 0.3) is 0 Å². The van der Waals surface area contributed by atoms with E-state index in [2.05, 4.69) is 27.5 Å². The second-order valence-electron chi connectivity index (χ2n) is 5.69. The highest BCUT2D eigenvalue weighted by Crippen LogP contribution is 2.29. The molecule has 2 rings (SSSR count). The van der Waals surface area contributed by atoms with E-state index >= 15 is 0 Å². The Kier molecular flexibility index (Phi) is 5.17. The quantitative estimate of drug-likeness (QED) is 0.746. The number of aliphatic hydroxyl groups is 1. The molecule has 0 bridgehead atoms. The average Bonchev–Trinajstić information content (AvgIpc) is 2.47. The van der Waals surface area contributed by atoms with Crippen LogP contribution in [0.4, 0.5) is 11.6 Å². The Balaban J connectivity index is 2.08. The molecule has 0 saturated heterocycles. The van der Waals surface area contributed by atoms with Gasteiger partial charge in [-0.2, -0.15) is 0 Å². The second kappa shape index (κ2) is 6.88. The first kappa shape index (κ1) is 15.0. The van der Waals surface area contributed by atoms with Gasteiger partial charge >= 0.3 is 0 Å². The Morgan fingerprint density at radius 3 is 2.55 bits per heavy atom. The van der Waals surface area contributed by atoms with E-state index in [-0.39, 0.29) is 0 Å². The predicted octanol–water partition coefficient (Wildman–Crippen LogP) is 2.58. The third-order valence-corrected chi connectivity index (χ3v) is 4.05. The standard InChI is InChI=1S/C15H26N4O/c1-3-7-12-13(16-2)18-11-19-14(12)17-10-15(20)8-5-4-6-9-15/h11,20H,3-10H2,1-2H3,(H2,16,17,18,19). The predicted molar refractivity (Wildman–Crippen MR) is 82.1 cm³/mol. The minimum atomic E-state index is -0.577. The van der Waals surface area contributed by atoms with E-state index in [1.807, 2.05) is 7.05 Å². The van der Waals surface area contributed by atoms with Gasteiger partial charge in [-0.25, -0.2) is 9.97 Å². The summed E-state index contributed by atoms with van der Waals surface area (Å²) >= 11 is 0. The van der Waals surface area contributed by atoms with E-state index in [1.54, 1.807) is 6.33 Å². The average molecular weight is 278 g/mol. The monoisotopic (exact) mass is 278 g/mol. The van der Waals surface area contributed by atoms with Crippen molar-refractivity contribution in [2.24, 2.45) is 0 Å². The van der Waals surface area contributed by atoms with Gasteiger partial charge in [-0.15, -0.1) is 0 Å². The lowest BCUT2D eigenvalue weighted by molar-refractivity contribution is 0.0166. The molecule has 0 atom stereocenters. The summed E-state index contributed by atoms with van der Waals surface area (Å²) in [5, 5.41) is 17.0. The largest absolute Gasteiger partial charge is 0.388 e. The minimum Gasteiger partial charge on any atom is -0.388 e. The van der Waals surface area contributed by atoms with Gasteiger partial charge in [0.25, 0.3) is 0 Å². The van der Waals surface area contributed by atoms with Crippen LogP contribution in [0.3, 0.4) is 0 Å². The van der Waals surface area contributed by atoms with Crippen LogP contribution in [0.1, 0.15) is 51.0 Å². The normalized spacial score (nSPS) is 17.8. The molecular formula is C15H26N4O. The molecule has 1 aliphatic carbocycles. The molecule has 5 heteroatoms. The summed E-state index contributed by atoms with van der Waals surface area (Å²) < 4.78 is 0. The molecule has 1 aliphatic rings. The molecule has 0 aliphatic heterocycles. The SMILES string of the molecule is CCCc1c(NC)ncnc1NCC1(O)CCCCC1. The number of nitrogens with one attached hydrogen (secondary N) is 2. The summed E-state index contributed by atoms with van der Waals surface area (Å²) in [4.78, 5) is 8.61. The van der Waals surface area contributed by atoms with Gasteiger partial charge in [-0.3, -0.25) is 0 Å². The lowest BCUT2D eigenvalue weighted by Gasteiger charge is -2.32. The van der Waals surface area contributed by atoms with Gasteiger partial charge in [0, 0.05) is 19.2 Å². The molecule has 0 unspecified atom stereocenters. The smallest absolute Gasteiger partial charge is 0.134 e. The topological polar surface area (TPSA) is 70.1 Å². The van der Waals surface area contributed by atoms with Crippen molar-refractivity contribution in [2.45, 2.75) is 57.5 Å². The van der Waals surface area contributed by atoms with E-state index in [4.69, 9.17) is 0 Å². The Morgan fingerprint density at radius 1 is 1.20 bits per heavy atom. The number of anilines is 2. The maximum absolute atomic E-state index is 10.6. The van der Waals surface area contributed by atoms with Gasteiger partial charge in [-0.05, 0) is 19.3 Å². The first-order valence-electron chi connectivity index (χ1n) is 7.66. The van der Waals surface area contributed by atoms with Gasteiger partial charge in [0.05, 0.1) is 5.60 Å². The van der Waals surface area contributed by atoms with Crippen molar-refractivity contribution >= 4 is 11.6 Å². The van der Waals surface area contributed by atoms with Gasteiger partial charge in [0.2, 0.25) is 0 Å². The maximum atomic E-state index is 10.6. The third kappa shape index (κ3) is 3.60. The molecule has 0 aromatic carbocycles. The lowest BCUT2D eigenvalue weighted by Crippen LogP contribution is -2.39. The number of hydrogen-bond donors (Lipinski definition) is 3. The number of aromatic nitrogens is 2. The van der Waals surface area contributed by atoms with Gasteiger partial charge in [0.1, 0.15) is 18.0 Å². The van der Waals surface area contributed by atoms with E-state index < -0.39 is 5.60 Å². The summed E-state index contributed by atoms with van der Waals surface area (Å²) in [7, 11) is 1.87. The zero-order valence-corrected chi connectivity index (χ0v) is 12.6. The molecule has 5 nitrogen and oxygen atoms in total. The minimum absolute atomic E-state index is 0.573. The fourth-order valence-corrected chi connectivity index (χ4v) is 2.90. The van der Waals surface area contributed by atoms with Crippen molar-refractivity contribution in [3.05, 3.63) is 11.9 Å². The van der Waals surface area contributed by atoms with Gasteiger partial charge < -0.3 is 15.7 Å². The van der Waals surface area contributed by atoms with E-state index in [9.17, 15) is 5.11 Å². The van der Waals surface area contributed by atoms with Crippen LogP contribution in [0.15, 0.2) is 6.33 Å². The van der Waals surface area contributed by atoms with Crippen molar-refractivity contribution in [3.63, 3.8) is 0 Å².